The largest absolute Gasteiger partial charge is 0.493 e. The normalized spacial score (nSPS) is 10.2. The minimum Gasteiger partial charge on any atom is -0.493 e. The van der Waals surface area contributed by atoms with E-state index >= 15 is 0 Å². The Bertz CT molecular complexity index is 817. The minimum absolute atomic E-state index is 0.0772. The Morgan fingerprint density at radius 1 is 0.962 bits per heavy atom. The Kier molecular flexibility index (Phi) is 6.22. The molecule has 2 aromatic rings. The van der Waals surface area contributed by atoms with Gasteiger partial charge in [-0.25, -0.2) is 0 Å². The van der Waals surface area contributed by atoms with Crippen molar-refractivity contribution in [2.45, 2.75) is 20.8 Å². The highest BCUT2D eigenvalue weighted by molar-refractivity contribution is 6.02. The first-order chi connectivity index (χ1) is 12.3. The van der Waals surface area contributed by atoms with E-state index in [2.05, 4.69) is 5.32 Å². The third kappa shape index (κ3) is 4.53. The number of methoxy groups -OCH3 is 2. The van der Waals surface area contributed by atoms with E-state index in [0.717, 1.165) is 11.1 Å². The molecule has 2 aromatic carbocycles. The van der Waals surface area contributed by atoms with Crippen molar-refractivity contribution in [1.29, 1.82) is 0 Å². The number of benzene rings is 2. The maximum absolute atomic E-state index is 12.4. The number of hydrogen-bond acceptors (Lipinski definition) is 4. The Labute approximate surface area is 153 Å². The number of amides is 2. The van der Waals surface area contributed by atoms with Crippen LogP contribution in [0.2, 0.25) is 0 Å². The monoisotopic (exact) mass is 356 g/mol. The van der Waals surface area contributed by atoms with E-state index in [1.54, 1.807) is 25.3 Å². The summed E-state index contributed by atoms with van der Waals surface area (Å²) in [5.74, 6) is 0.593. The highest BCUT2D eigenvalue weighted by Crippen LogP contribution is 2.29. The summed E-state index contributed by atoms with van der Waals surface area (Å²) in [6, 6.07) is 10.8. The molecule has 0 bridgehead atoms. The summed E-state index contributed by atoms with van der Waals surface area (Å²) in [6.45, 7) is 5.34. The smallest absolute Gasteiger partial charge is 0.244 e. The molecule has 26 heavy (non-hydrogen) atoms. The summed E-state index contributed by atoms with van der Waals surface area (Å²) in [5.41, 5.74) is 3.46. The second-order valence-electron chi connectivity index (χ2n) is 5.99. The zero-order valence-corrected chi connectivity index (χ0v) is 15.8. The maximum atomic E-state index is 12.4. The van der Waals surface area contributed by atoms with Crippen LogP contribution < -0.4 is 19.7 Å². The third-order valence-electron chi connectivity index (χ3n) is 4.15. The number of aryl methyl sites for hydroxylation is 2. The average molecular weight is 356 g/mol. The quantitative estimate of drug-likeness (QED) is 0.862. The first-order valence-electron chi connectivity index (χ1n) is 8.23. The number of anilines is 2. The molecule has 0 atom stereocenters. The lowest BCUT2D eigenvalue weighted by atomic mass is 10.1. The zero-order valence-electron chi connectivity index (χ0n) is 15.8. The van der Waals surface area contributed by atoms with Gasteiger partial charge in [0.05, 0.1) is 14.2 Å². The van der Waals surface area contributed by atoms with Crippen LogP contribution in [0.4, 0.5) is 11.4 Å². The molecule has 0 aliphatic heterocycles. The molecule has 1 N–H and O–H groups in total. The molecule has 0 aliphatic rings. The Morgan fingerprint density at radius 3 is 2.23 bits per heavy atom. The summed E-state index contributed by atoms with van der Waals surface area (Å²) >= 11 is 0. The molecular weight excluding hydrogens is 332 g/mol. The van der Waals surface area contributed by atoms with Crippen molar-refractivity contribution >= 4 is 23.2 Å². The predicted molar refractivity (Wildman–Crippen MR) is 102 cm³/mol. The van der Waals surface area contributed by atoms with E-state index in [4.69, 9.17) is 9.47 Å². The van der Waals surface area contributed by atoms with Crippen molar-refractivity contribution in [1.82, 2.24) is 0 Å². The van der Waals surface area contributed by atoms with E-state index in [1.165, 1.54) is 18.9 Å². The fourth-order valence-corrected chi connectivity index (χ4v) is 2.54. The topological polar surface area (TPSA) is 67.9 Å². The molecule has 0 heterocycles. The molecule has 2 rings (SSSR count). The zero-order chi connectivity index (χ0) is 19.3. The predicted octanol–water partition coefficient (Wildman–Crippen LogP) is 3.31. The van der Waals surface area contributed by atoms with Gasteiger partial charge in [0.2, 0.25) is 11.8 Å². The summed E-state index contributed by atoms with van der Waals surface area (Å²) < 4.78 is 10.4. The molecule has 0 radical (unpaired) electrons. The van der Waals surface area contributed by atoms with E-state index in [9.17, 15) is 9.59 Å². The average Bonchev–Trinajstić information content (AvgIpc) is 2.61. The van der Waals surface area contributed by atoms with Crippen LogP contribution in [-0.2, 0) is 9.59 Å². The van der Waals surface area contributed by atoms with Crippen molar-refractivity contribution in [3.05, 3.63) is 47.5 Å². The third-order valence-corrected chi connectivity index (χ3v) is 4.15. The molecule has 6 nitrogen and oxygen atoms in total. The summed E-state index contributed by atoms with van der Waals surface area (Å²) in [7, 11) is 3.07. The maximum Gasteiger partial charge on any atom is 0.244 e. The molecule has 2 amide bonds. The van der Waals surface area contributed by atoms with Gasteiger partial charge in [0, 0.05) is 24.4 Å². The van der Waals surface area contributed by atoms with Crippen LogP contribution in [0.25, 0.3) is 0 Å². The van der Waals surface area contributed by atoms with Crippen LogP contribution in [0.1, 0.15) is 18.1 Å². The van der Waals surface area contributed by atoms with Gasteiger partial charge in [0.1, 0.15) is 6.54 Å². The number of rotatable bonds is 6. The second-order valence-corrected chi connectivity index (χ2v) is 5.99. The molecule has 138 valence electrons. The minimum atomic E-state index is -0.300. The van der Waals surface area contributed by atoms with E-state index in [-0.39, 0.29) is 18.4 Å². The van der Waals surface area contributed by atoms with E-state index < -0.39 is 0 Å². The van der Waals surface area contributed by atoms with Crippen LogP contribution in [-0.4, -0.2) is 32.6 Å². The summed E-state index contributed by atoms with van der Waals surface area (Å²) in [5, 5.41) is 2.78. The van der Waals surface area contributed by atoms with Crippen LogP contribution >= 0.6 is 0 Å². The van der Waals surface area contributed by atoms with Gasteiger partial charge >= 0.3 is 0 Å². The van der Waals surface area contributed by atoms with Gasteiger partial charge < -0.3 is 19.7 Å². The van der Waals surface area contributed by atoms with Gasteiger partial charge in [-0.05, 0) is 49.2 Å². The molecule has 0 aromatic heterocycles. The van der Waals surface area contributed by atoms with Gasteiger partial charge in [-0.1, -0.05) is 6.07 Å². The van der Waals surface area contributed by atoms with E-state index in [0.29, 0.717) is 22.9 Å². The standard InChI is InChI=1S/C20H24N2O4/c1-13-6-8-17(10-14(13)2)22(15(3)23)12-20(24)21-16-7-9-18(25-4)19(11-16)26-5/h6-11H,12H2,1-5H3,(H,21,24). The van der Waals surface area contributed by atoms with Gasteiger partial charge in [0.15, 0.2) is 11.5 Å². The molecule has 0 aliphatic carbocycles. The van der Waals surface area contributed by atoms with Crippen LogP contribution in [0, 0.1) is 13.8 Å². The van der Waals surface area contributed by atoms with Crippen molar-refractivity contribution < 1.29 is 19.1 Å². The number of carbonyl (C=O) groups excluding carboxylic acids is 2. The molecule has 0 unspecified atom stereocenters. The lowest BCUT2D eigenvalue weighted by molar-refractivity contribution is -0.120. The SMILES string of the molecule is COc1ccc(NC(=O)CN(C(C)=O)c2ccc(C)c(C)c2)cc1OC. The molecule has 0 fully saturated rings. The molecule has 0 saturated heterocycles. The van der Waals surface area contributed by atoms with Gasteiger partial charge in [0.25, 0.3) is 0 Å². The van der Waals surface area contributed by atoms with Gasteiger partial charge in [-0.3, -0.25) is 9.59 Å². The Morgan fingerprint density at radius 2 is 1.65 bits per heavy atom. The van der Waals surface area contributed by atoms with Crippen molar-refractivity contribution in [2.24, 2.45) is 0 Å². The molecule has 0 saturated carbocycles. The van der Waals surface area contributed by atoms with Crippen molar-refractivity contribution in [2.75, 3.05) is 31.0 Å². The van der Waals surface area contributed by atoms with E-state index in [1.807, 2.05) is 32.0 Å². The highest BCUT2D eigenvalue weighted by Gasteiger charge is 2.17. The van der Waals surface area contributed by atoms with Gasteiger partial charge in [-0.2, -0.15) is 0 Å². The van der Waals surface area contributed by atoms with Crippen molar-refractivity contribution in [3.8, 4) is 11.5 Å². The Hall–Kier alpha value is -3.02. The lowest BCUT2D eigenvalue weighted by Gasteiger charge is -2.21. The summed E-state index contributed by atoms with van der Waals surface area (Å²) in [4.78, 5) is 25.9. The number of nitrogens with zero attached hydrogens (tertiary/aromatic N) is 1. The van der Waals surface area contributed by atoms with Crippen LogP contribution in [0.5, 0.6) is 11.5 Å². The second kappa shape index (κ2) is 8.38. The molecule has 6 heteroatoms. The first kappa shape index (κ1) is 19.3. The lowest BCUT2D eigenvalue weighted by Crippen LogP contribution is -2.36. The van der Waals surface area contributed by atoms with Crippen molar-refractivity contribution in [3.63, 3.8) is 0 Å². The fourth-order valence-electron chi connectivity index (χ4n) is 2.54. The molecule has 0 spiro atoms. The Balaban J connectivity index is 2.15. The summed E-state index contributed by atoms with van der Waals surface area (Å²) in [6.07, 6.45) is 0. The number of carbonyl (C=O) groups is 2. The van der Waals surface area contributed by atoms with Crippen LogP contribution in [0.3, 0.4) is 0 Å². The fraction of sp³-hybridized carbons (Fsp3) is 0.300. The number of ether oxygens (including phenoxy) is 2. The van der Waals surface area contributed by atoms with Crippen LogP contribution in [0.15, 0.2) is 36.4 Å². The molecular formula is C20H24N2O4. The number of nitrogens with one attached hydrogen (secondary N) is 1. The van der Waals surface area contributed by atoms with Gasteiger partial charge in [-0.15, -0.1) is 0 Å². The first-order valence-corrected chi connectivity index (χ1v) is 8.23. The number of hydrogen-bond donors (Lipinski definition) is 1. The highest BCUT2D eigenvalue weighted by atomic mass is 16.5.